The molecular formula is C16H19N5O5S2. The minimum Gasteiger partial charge on any atom is -0.454 e. The van der Waals surface area contributed by atoms with E-state index in [0.717, 1.165) is 10.6 Å². The quantitative estimate of drug-likeness (QED) is 0.771. The smallest absolute Gasteiger partial charge is 0.325 e. The molecule has 0 aliphatic carbocycles. The third-order valence-corrected chi connectivity index (χ3v) is 7.22. The number of fused-ring (bicyclic) bond motifs is 2. The molecule has 1 aromatic carbocycles. The summed E-state index contributed by atoms with van der Waals surface area (Å²) in [6.07, 6.45) is 0.504. The third kappa shape index (κ3) is 3.63. The SMILES string of the molecule is CN(C)S(=O)(=O)N1CCc2nc(NC(=O)Nc3ccc4c(c3)OCO4)sc2C1. The number of ether oxygens (including phenoxy) is 2. The first-order valence-corrected chi connectivity index (χ1v) is 10.7. The number of nitrogens with one attached hydrogen (secondary N) is 2. The highest BCUT2D eigenvalue weighted by Crippen LogP contribution is 2.34. The summed E-state index contributed by atoms with van der Waals surface area (Å²) in [5.41, 5.74) is 1.37. The van der Waals surface area contributed by atoms with Gasteiger partial charge in [-0.3, -0.25) is 5.32 Å². The van der Waals surface area contributed by atoms with E-state index in [1.54, 1.807) is 18.2 Å². The molecule has 0 spiro atoms. The summed E-state index contributed by atoms with van der Waals surface area (Å²) < 4.78 is 37.7. The molecule has 28 heavy (non-hydrogen) atoms. The van der Waals surface area contributed by atoms with E-state index < -0.39 is 16.2 Å². The second-order valence-corrected chi connectivity index (χ2v) is 9.64. The number of nitrogens with zero attached hydrogens (tertiary/aromatic N) is 3. The highest BCUT2D eigenvalue weighted by Gasteiger charge is 2.30. The Morgan fingerprint density at radius 3 is 2.82 bits per heavy atom. The highest BCUT2D eigenvalue weighted by molar-refractivity contribution is 7.86. The van der Waals surface area contributed by atoms with Gasteiger partial charge in [0, 0.05) is 43.7 Å². The Labute approximate surface area is 166 Å². The van der Waals surface area contributed by atoms with Crippen molar-refractivity contribution in [2.24, 2.45) is 0 Å². The number of anilines is 2. The van der Waals surface area contributed by atoms with Gasteiger partial charge in [0.15, 0.2) is 16.6 Å². The molecule has 0 unspecified atom stereocenters. The number of amides is 2. The first-order valence-electron chi connectivity index (χ1n) is 8.47. The van der Waals surface area contributed by atoms with Crippen molar-refractivity contribution in [2.75, 3.05) is 38.1 Å². The van der Waals surface area contributed by atoms with Gasteiger partial charge in [0.25, 0.3) is 10.2 Å². The summed E-state index contributed by atoms with van der Waals surface area (Å²) in [5.74, 6) is 1.21. The number of rotatable bonds is 4. The van der Waals surface area contributed by atoms with Gasteiger partial charge in [-0.2, -0.15) is 17.0 Å². The maximum Gasteiger partial charge on any atom is 0.325 e. The van der Waals surface area contributed by atoms with Crippen molar-refractivity contribution in [1.82, 2.24) is 13.6 Å². The number of thiazole rings is 1. The first kappa shape index (κ1) is 18.9. The fourth-order valence-electron chi connectivity index (χ4n) is 2.89. The molecule has 2 aliphatic rings. The van der Waals surface area contributed by atoms with Crippen molar-refractivity contribution in [2.45, 2.75) is 13.0 Å². The minimum absolute atomic E-state index is 0.163. The van der Waals surface area contributed by atoms with Crippen molar-refractivity contribution in [1.29, 1.82) is 0 Å². The molecule has 0 atom stereocenters. The topological polar surface area (TPSA) is 113 Å². The van der Waals surface area contributed by atoms with Crippen LogP contribution in [0.4, 0.5) is 15.6 Å². The maximum absolute atomic E-state index is 12.3. The molecule has 2 amide bonds. The molecule has 150 valence electrons. The molecular weight excluding hydrogens is 406 g/mol. The van der Waals surface area contributed by atoms with Gasteiger partial charge in [0.2, 0.25) is 6.79 Å². The minimum atomic E-state index is -3.48. The van der Waals surface area contributed by atoms with Crippen molar-refractivity contribution in [3.63, 3.8) is 0 Å². The van der Waals surface area contributed by atoms with Crippen LogP contribution in [0.5, 0.6) is 11.5 Å². The fourth-order valence-corrected chi connectivity index (χ4v) is 5.06. The Bertz CT molecular complexity index is 1020. The second kappa shape index (κ2) is 7.20. The summed E-state index contributed by atoms with van der Waals surface area (Å²) in [6.45, 7) is 0.773. The molecule has 0 saturated heterocycles. The lowest BCUT2D eigenvalue weighted by Gasteiger charge is -2.27. The van der Waals surface area contributed by atoms with Crippen LogP contribution in [0.15, 0.2) is 18.2 Å². The molecule has 0 fully saturated rings. The second-order valence-electron chi connectivity index (χ2n) is 6.41. The molecule has 2 N–H and O–H groups in total. The summed E-state index contributed by atoms with van der Waals surface area (Å²) in [4.78, 5) is 17.5. The Balaban J connectivity index is 1.41. The normalized spacial score (nSPS) is 16.1. The molecule has 1 aromatic heterocycles. The Morgan fingerprint density at radius 2 is 2.04 bits per heavy atom. The lowest BCUT2D eigenvalue weighted by atomic mass is 10.2. The standard InChI is InChI=1S/C16H19N5O5S2/c1-20(2)28(23,24)21-6-5-11-14(8-21)27-16(18-11)19-15(22)17-10-3-4-12-13(7-10)26-9-25-12/h3-4,7H,5-6,8-9H2,1-2H3,(H2,17,18,19,22). The van der Waals surface area contributed by atoms with E-state index in [9.17, 15) is 13.2 Å². The Kier molecular flexibility index (Phi) is 4.87. The zero-order valence-electron chi connectivity index (χ0n) is 15.3. The van der Waals surface area contributed by atoms with Gasteiger partial charge in [-0.1, -0.05) is 11.3 Å². The van der Waals surface area contributed by atoms with E-state index in [0.29, 0.717) is 35.3 Å². The number of hydrogen-bond acceptors (Lipinski definition) is 7. The van der Waals surface area contributed by atoms with Crippen LogP contribution in [0.3, 0.4) is 0 Å². The zero-order chi connectivity index (χ0) is 19.9. The van der Waals surface area contributed by atoms with Crippen LogP contribution in [-0.4, -0.2) is 55.5 Å². The first-order chi connectivity index (χ1) is 13.3. The molecule has 2 aliphatic heterocycles. The Hall–Kier alpha value is -2.41. The van der Waals surface area contributed by atoms with E-state index in [-0.39, 0.29) is 13.3 Å². The average Bonchev–Trinajstić information content (AvgIpc) is 3.26. The third-order valence-electron chi connectivity index (χ3n) is 4.33. The maximum atomic E-state index is 12.3. The van der Waals surface area contributed by atoms with Crippen LogP contribution >= 0.6 is 11.3 Å². The summed E-state index contributed by atoms with van der Waals surface area (Å²) in [5, 5.41) is 5.84. The monoisotopic (exact) mass is 425 g/mol. The van der Waals surface area contributed by atoms with Gasteiger partial charge in [0.1, 0.15) is 0 Å². The van der Waals surface area contributed by atoms with Crippen LogP contribution < -0.4 is 20.1 Å². The van der Waals surface area contributed by atoms with Crippen LogP contribution in [0.2, 0.25) is 0 Å². The van der Waals surface area contributed by atoms with E-state index >= 15 is 0 Å². The Morgan fingerprint density at radius 1 is 1.25 bits per heavy atom. The largest absolute Gasteiger partial charge is 0.454 e. The van der Waals surface area contributed by atoms with Gasteiger partial charge in [0.05, 0.1) is 12.2 Å². The van der Waals surface area contributed by atoms with Gasteiger partial charge < -0.3 is 14.8 Å². The van der Waals surface area contributed by atoms with Crippen LogP contribution in [-0.2, 0) is 23.2 Å². The predicted octanol–water partition coefficient (Wildman–Crippen LogP) is 1.68. The molecule has 0 saturated carbocycles. The molecule has 12 heteroatoms. The zero-order valence-corrected chi connectivity index (χ0v) is 16.9. The molecule has 10 nitrogen and oxygen atoms in total. The summed E-state index contributed by atoms with van der Waals surface area (Å²) >= 11 is 1.27. The van der Waals surface area contributed by atoms with Crippen molar-refractivity contribution >= 4 is 38.4 Å². The van der Waals surface area contributed by atoms with Gasteiger partial charge in [-0.15, -0.1) is 0 Å². The van der Waals surface area contributed by atoms with Crippen molar-refractivity contribution in [3.05, 3.63) is 28.8 Å². The van der Waals surface area contributed by atoms with Crippen LogP contribution in [0, 0.1) is 0 Å². The predicted molar refractivity (Wildman–Crippen MR) is 104 cm³/mol. The number of urea groups is 1. The van der Waals surface area contributed by atoms with Crippen molar-refractivity contribution < 1.29 is 22.7 Å². The summed E-state index contributed by atoms with van der Waals surface area (Å²) in [6, 6.07) is 4.67. The van der Waals surface area contributed by atoms with Gasteiger partial charge in [-0.25, -0.2) is 9.78 Å². The number of aromatic nitrogens is 1. The van der Waals surface area contributed by atoms with E-state index in [1.165, 1.54) is 34.0 Å². The van der Waals surface area contributed by atoms with Crippen molar-refractivity contribution in [3.8, 4) is 11.5 Å². The van der Waals surface area contributed by atoms with Crippen LogP contribution in [0.1, 0.15) is 10.6 Å². The van der Waals surface area contributed by atoms with Gasteiger partial charge >= 0.3 is 6.03 Å². The number of carbonyl (C=O) groups is 1. The molecule has 3 heterocycles. The number of benzene rings is 1. The van der Waals surface area contributed by atoms with E-state index in [2.05, 4.69) is 15.6 Å². The average molecular weight is 425 g/mol. The highest BCUT2D eigenvalue weighted by atomic mass is 32.2. The lowest BCUT2D eigenvalue weighted by Crippen LogP contribution is -2.42. The molecule has 2 aromatic rings. The number of carbonyl (C=O) groups excluding carboxylic acids is 1. The number of hydrogen-bond donors (Lipinski definition) is 2. The van der Waals surface area contributed by atoms with Gasteiger partial charge in [-0.05, 0) is 12.1 Å². The molecule has 0 bridgehead atoms. The van der Waals surface area contributed by atoms with Crippen LogP contribution in [0.25, 0.3) is 0 Å². The molecule has 0 radical (unpaired) electrons. The van der Waals surface area contributed by atoms with E-state index in [1.807, 2.05) is 0 Å². The molecule has 4 rings (SSSR count). The fraction of sp³-hybridized carbons (Fsp3) is 0.375. The lowest BCUT2D eigenvalue weighted by molar-refractivity contribution is 0.174. The van der Waals surface area contributed by atoms with E-state index in [4.69, 9.17) is 9.47 Å². The summed E-state index contributed by atoms with van der Waals surface area (Å²) in [7, 11) is -0.469.